The molecule has 0 amide bonds. The molecule has 0 N–H and O–H groups in total. The van der Waals surface area contributed by atoms with Gasteiger partial charge in [-0.2, -0.15) is 0 Å². The fourth-order valence-electron chi connectivity index (χ4n) is 8.11. The van der Waals surface area contributed by atoms with Gasteiger partial charge in [-0.25, -0.2) is 4.98 Å². The zero-order chi connectivity index (χ0) is 37.0. The van der Waals surface area contributed by atoms with Gasteiger partial charge in [0.05, 0.1) is 0 Å². The summed E-state index contributed by atoms with van der Waals surface area (Å²) in [6.45, 7) is 0. The molecule has 56 heavy (non-hydrogen) atoms. The van der Waals surface area contributed by atoms with E-state index in [2.05, 4.69) is 187 Å². The molecular weight excluding hydrogens is 681 g/mol. The topological polar surface area (TPSA) is 29.3 Å². The largest absolute Gasteiger partial charge is 0.436 e. The summed E-state index contributed by atoms with van der Waals surface area (Å²) in [6.07, 6.45) is 0. The van der Waals surface area contributed by atoms with E-state index in [4.69, 9.17) is 9.40 Å². The number of benzene rings is 10. The zero-order valence-corrected chi connectivity index (χ0v) is 30.4. The molecule has 1 aromatic heterocycles. The fourth-order valence-corrected chi connectivity index (χ4v) is 8.11. The van der Waals surface area contributed by atoms with Crippen LogP contribution in [0.15, 0.2) is 211 Å². The van der Waals surface area contributed by atoms with E-state index in [9.17, 15) is 0 Å². The number of para-hydroxylation sites is 2. The van der Waals surface area contributed by atoms with Crippen molar-refractivity contribution in [1.29, 1.82) is 0 Å². The Kier molecular flexibility index (Phi) is 7.49. The van der Waals surface area contributed by atoms with Crippen molar-refractivity contribution in [3.63, 3.8) is 0 Å². The first-order valence-corrected chi connectivity index (χ1v) is 19.0. The van der Waals surface area contributed by atoms with Gasteiger partial charge in [0.15, 0.2) is 5.58 Å². The molecule has 1 heterocycles. The highest BCUT2D eigenvalue weighted by Crippen LogP contribution is 2.39. The molecule has 0 bridgehead atoms. The molecule has 0 unspecified atom stereocenters. The number of hydrogen-bond acceptors (Lipinski definition) is 3. The molecule has 0 saturated carbocycles. The van der Waals surface area contributed by atoms with E-state index >= 15 is 0 Å². The normalized spacial score (nSPS) is 11.6. The first-order chi connectivity index (χ1) is 27.7. The van der Waals surface area contributed by atoms with Gasteiger partial charge >= 0.3 is 0 Å². The number of hydrogen-bond donors (Lipinski definition) is 0. The van der Waals surface area contributed by atoms with Crippen molar-refractivity contribution < 1.29 is 4.42 Å². The van der Waals surface area contributed by atoms with Crippen molar-refractivity contribution in [1.82, 2.24) is 4.98 Å². The Balaban J connectivity index is 0.968. The molecule has 11 aromatic rings. The van der Waals surface area contributed by atoms with Crippen molar-refractivity contribution in [3.05, 3.63) is 206 Å². The summed E-state index contributed by atoms with van der Waals surface area (Å²) in [5, 5.41) is 9.95. The van der Waals surface area contributed by atoms with E-state index in [0.717, 1.165) is 33.7 Å². The molecule has 0 aliphatic rings. The van der Waals surface area contributed by atoms with Crippen LogP contribution >= 0.6 is 0 Å². The Morgan fingerprint density at radius 2 is 0.804 bits per heavy atom. The van der Waals surface area contributed by atoms with Crippen LogP contribution in [0.1, 0.15) is 0 Å². The van der Waals surface area contributed by atoms with Crippen LogP contribution in [-0.4, -0.2) is 4.98 Å². The summed E-state index contributed by atoms with van der Waals surface area (Å²) >= 11 is 0. The predicted octanol–water partition coefficient (Wildman–Crippen LogP) is 14.9. The maximum absolute atomic E-state index is 6.11. The van der Waals surface area contributed by atoms with Crippen LogP contribution < -0.4 is 4.90 Å². The SMILES string of the molecule is c1ccc2cc(-c3ccc(N(c4ccc(-c5nc6ccccc6o5)cc4)c4ccc5cc(-c6ccc7c(ccc8ccccc87)c6)ccc5c4)cc3)ccc2c1. The lowest BCUT2D eigenvalue weighted by molar-refractivity contribution is 0.620. The Morgan fingerprint density at radius 1 is 0.321 bits per heavy atom. The quantitative estimate of drug-likeness (QED) is 0.161. The van der Waals surface area contributed by atoms with Crippen molar-refractivity contribution in [3.8, 4) is 33.7 Å². The zero-order valence-electron chi connectivity index (χ0n) is 30.4. The number of fused-ring (bicyclic) bond motifs is 6. The molecular formula is C53H34N2O. The summed E-state index contributed by atoms with van der Waals surface area (Å²) in [5.41, 5.74) is 10.6. The maximum atomic E-state index is 6.11. The monoisotopic (exact) mass is 714 g/mol. The highest BCUT2D eigenvalue weighted by Gasteiger charge is 2.16. The van der Waals surface area contributed by atoms with Gasteiger partial charge in [0, 0.05) is 22.6 Å². The standard InChI is InChI=1S/C53H34N2O/c1-2-9-39-31-40(15-13-35(39)7-1)36-19-25-46(26-20-36)55(47-27-21-38(22-28-47)53-54-51-11-5-6-12-52(51)56-53)48-29-23-42-32-41(16-17-44(42)34-48)43-24-30-50-45(33-43)18-14-37-8-3-4-10-49(37)50/h1-34H. The average Bonchev–Trinajstić information content (AvgIpc) is 3.71. The van der Waals surface area contributed by atoms with Crippen molar-refractivity contribution >= 4 is 71.3 Å². The minimum atomic E-state index is 0.616. The molecule has 0 atom stereocenters. The third kappa shape index (κ3) is 5.66. The van der Waals surface area contributed by atoms with Crippen LogP contribution in [-0.2, 0) is 0 Å². The molecule has 10 aromatic carbocycles. The van der Waals surface area contributed by atoms with E-state index in [1.165, 1.54) is 65.3 Å². The Morgan fingerprint density at radius 3 is 1.59 bits per heavy atom. The first-order valence-electron chi connectivity index (χ1n) is 19.0. The van der Waals surface area contributed by atoms with Crippen molar-refractivity contribution in [2.24, 2.45) is 0 Å². The molecule has 0 spiro atoms. The van der Waals surface area contributed by atoms with Crippen LogP contribution in [0, 0.1) is 0 Å². The van der Waals surface area contributed by atoms with Crippen LogP contribution in [0.3, 0.4) is 0 Å². The van der Waals surface area contributed by atoms with Crippen molar-refractivity contribution in [2.45, 2.75) is 0 Å². The molecule has 262 valence electrons. The number of aromatic nitrogens is 1. The number of anilines is 3. The Hall–Kier alpha value is -7.49. The van der Waals surface area contributed by atoms with Crippen LogP contribution in [0.5, 0.6) is 0 Å². The molecule has 0 saturated heterocycles. The number of nitrogens with zero attached hydrogens (tertiary/aromatic N) is 2. The van der Waals surface area contributed by atoms with Gasteiger partial charge < -0.3 is 9.32 Å². The maximum Gasteiger partial charge on any atom is 0.227 e. The molecule has 0 radical (unpaired) electrons. The summed E-state index contributed by atoms with van der Waals surface area (Å²) in [4.78, 5) is 7.06. The Labute approximate surface area is 324 Å². The molecule has 0 aliphatic heterocycles. The first kappa shape index (κ1) is 32.0. The van der Waals surface area contributed by atoms with Gasteiger partial charge in [-0.3, -0.25) is 0 Å². The van der Waals surface area contributed by atoms with E-state index in [1.807, 2.05) is 24.3 Å². The molecule has 0 aliphatic carbocycles. The van der Waals surface area contributed by atoms with Crippen molar-refractivity contribution in [2.75, 3.05) is 4.90 Å². The van der Waals surface area contributed by atoms with Crippen LogP contribution in [0.2, 0.25) is 0 Å². The molecule has 3 heteroatoms. The average molecular weight is 715 g/mol. The lowest BCUT2D eigenvalue weighted by Crippen LogP contribution is -2.09. The minimum absolute atomic E-state index is 0.616. The summed E-state index contributed by atoms with van der Waals surface area (Å²) in [6, 6.07) is 73.9. The second-order valence-electron chi connectivity index (χ2n) is 14.4. The predicted molar refractivity (Wildman–Crippen MR) is 235 cm³/mol. The number of oxazole rings is 1. The van der Waals surface area contributed by atoms with E-state index in [1.54, 1.807) is 0 Å². The highest BCUT2D eigenvalue weighted by molar-refractivity contribution is 6.08. The highest BCUT2D eigenvalue weighted by atomic mass is 16.3. The lowest BCUT2D eigenvalue weighted by atomic mass is 9.96. The van der Waals surface area contributed by atoms with Gasteiger partial charge in [0.1, 0.15) is 5.52 Å². The summed E-state index contributed by atoms with van der Waals surface area (Å²) in [7, 11) is 0. The summed E-state index contributed by atoms with van der Waals surface area (Å²) < 4.78 is 6.11. The van der Waals surface area contributed by atoms with Gasteiger partial charge in [-0.05, 0) is 144 Å². The van der Waals surface area contributed by atoms with E-state index in [0.29, 0.717) is 5.89 Å². The molecule has 11 rings (SSSR count). The lowest BCUT2D eigenvalue weighted by Gasteiger charge is -2.26. The second-order valence-corrected chi connectivity index (χ2v) is 14.4. The second kappa shape index (κ2) is 13.1. The smallest absolute Gasteiger partial charge is 0.227 e. The number of rotatable bonds is 6. The van der Waals surface area contributed by atoms with Crippen LogP contribution in [0.25, 0.3) is 87.9 Å². The van der Waals surface area contributed by atoms with Gasteiger partial charge in [0.2, 0.25) is 5.89 Å². The third-order valence-electron chi connectivity index (χ3n) is 11.0. The van der Waals surface area contributed by atoms with E-state index in [-0.39, 0.29) is 0 Å². The van der Waals surface area contributed by atoms with Crippen LogP contribution in [0.4, 0.5) is 17.1 Å². The fraction of sp³-hybridized carbons (Fsp3) is 0. The Bertz CT molecular complexity index is 3220. The molecule has 3 nitrogen and oxygen atoms in total. The minimum Gasteiger partial charge on any atom is -0.436 e. The molecule has 0 fully saturated rings. The third-order valence-corrected chi connectivity index (χ3v) is 11.0. The van der Waals surface area contributed by atoms with E-state index < -0.39 is 0 Å². The van der Waals surface area contributed by atoms with Gasteiger partial charge in [0.25, 0.3) is 0 Å². The van der Waals surface area contributed by atoms with Gasteiger partial charge in [-0.1, -0.05) is 127 Å². The summed E-state index contributed by atoms with van der Waals surface area (Å²) in [5.74, 6) is 0.616. The van der Waals surface area contributed by atoms with Gasteiger partial charge in [-0.15, -0.1) is 0 Å².